The maximum absolute atomic E-state index is 10.2. The van der Waals surface area contributed by atoms with Gasteiger partial charge in [-0.2, -0.15) is 0 Å². The molecule has 1 aromatic heterocycles. The third-order valence-corrected chi connectivity index (χ3v) is 5.32. The lowest BCUT2D eigenvalue weighted by atomic mass is 10.2. The largest absolute Gasteiger partial charge is 0.491 e. The molecule has 5 nitrogen and oxygen atoms in total. The van der Waals surface area contributed by atoms with Gasteiger partial charge < -0.3 is 9.84 Å². The fourth-order valence-corrected chi connectivity index (χ4v) is 3.61. The Labute approximate surface area is 165 Å². The average Bonchev–Trinajstić information content (AvgIpc) is 3.00. The molecule has 1 unspecified atom stereocenters. The van der Waals surface area contributed by atoms with Crippen LogP contribution in [0.2, 0.25) is 0 Å². The lowest BCUT2D eigenvalue weighted by Crippen LogP contribution is -2.20. The molecular weight excluding hydrogens is 414 g/mol. The van der Waals surface area contributed by atoms with Gasteiger partial charge >= 0.3 is 0 Å². The molecule has 0 saturated heterocycles. The van der Waals surface area contributed by atoms with E-state index in [1.54, 1.807) is 0 Å². The van der Waals surface area contributed by atoms with Crippen molar-refractivity contribution in [3.63, 3.8) is 0 Å². The number of hydrogen-bond acceptors (Lipinski definition) is 5. The number of hydrogen-bond donors (Lipinski definition) is 1. The van der Waals surface area contributed by atoms with Gasteiger partial charge in [0.1, 0.15) is 18.2 Å². The first-order valence-electron chi connectivity index (χ1n) is 8.21. The first kappa shape index (κ1) is 18.9. The van der Waals surface area contributed by atoms with Crippen molar-refractivity contribution in [2.45, 2.75) is 25.1 Å². The molecule has 2 aromatic carbocycles. The maximum Gasteiger partial charge on any atom is 0.195 e. The van der Waals surface area contributed by atoms with Crippen molar-refractivity contribution in [1.29, 1.82) is 0 Å². The van der Waals surface area contributed by atoms with E-state index in [1.165, 1.54) is 17.3 Å². The molecule has 26 heavy (non-hydrogen) atoms. The molecule has 1 atom stereocenters. The quantitative estimate of drug-likeness (QED) is 0.566. The fourth-order valence-electron chi connectivity index (χ4n) is 2.44. The summed E-state index contributed by atoms with van der Waals surface area (Å²) in [6.45, 7) is 4.21. The molecule has 3 rings (SSSR count). The van der Waals surface area contributed by atoms with Crippen molar-refractivity contribution in [3.8, 4) is 11.4 Å². The Kier molecular flexibility index (Phi) is 6.34. The molecule has 0 saturated carbocycles. The second-order valence-electron chi connectivity index (χ2n) is 5.93. The lowest BCUT2D eigenvalue weighted by molar-refractivity contribution is 0.126. The van der Waals surface area contributed by atoms with Gasteiger partial charge in [-0.25, -0.2) is 0 Å². The highest BCUT2D eigenvalue weighted by atomic mass is 79.9. The number of aliphatic hydroxyl groups excluding tert-OH is 1. The monoisotopic (exact) mass is 433 g/mol. The summed E-state index contributed by atoms with van der Waals surface area (Å²) >= 11 is 4.85. The zero-order valence-corrected chi connectivity index (χ0v) is 17.0. The average molecular weight is 434 g/mol. The molecule has 0 fully saturated rings. The van der Waals surface area contributed by atoms with Crippen LogP contribution in [0.15, 0.2) is 58.2 Å². The van der Waals surface area contributed by atoms with Crippen LogP contribution in [-0.2, 0) is 0 Å². The number of nitrogens with zero attached hydrogens (tertiary/aromatic N) is 3. The smallest absolute Gasteiger partial charge is 0.195 e. The predicted octanol–water partition coefficient (Wildman–Crippen LogP) is 4.18. The standard InChI is InChI=1S/C19H20BrN3O2S/c1-13-4-3-5-16(10-13)23-14(2)21-22-19(23)26-12-17(24)11-25-18-8-6-15(20)7-9-18/h3-10,17,24H,11-12H2,1-2H3. The highest BCUT2D eigenvalue weighted by molar-refractivity contribution is 9.10. The summed E-state index contributed by atoms with van der Waals surface area (Å²) in [5.74, 6) is 2.02. The number of halogens is 1. The van der Waals surface area contributed by atoms with Crippen LogP contribution in [0.3, 0.4) is 0 Å². The summed E-state index contributed by atoms with van der Waals surface area (Å²) in [5.41, 5.74) is 2.20. The second-order valence-corrected chi connectivity index (χ2v) is 7.84. The molecule has 0 spiro atoms. The van der Waals surface area contributed by atoms with Gasteiger partial charge in [0.15, 0.2) is 5.16 Å². The van der Waals surface area contributed by atoms with Gasteiger partial charge in [-0.3, -0.25) is 4.57 Å². The number of aryl methyl sites for hydroxylation is 2. The zero-order valence-electron chi connectivity index (χ0n) is 14.6. The van der Waals surface area contributed by atoms with E-state index in [0.29, 0.717) is 5.75 Å². The topological polar surface area (TPSA) is 60.2 Å². The lowest BCUT2D eigenvalue weighted by Gasteiger charge is -2.13. The van der Waals surface area contributed by atoms with E-state index in [2.05, 4.69) is 45.2 Å². The van der Waals surface area contributed by atoms with Crippen LogP contribution in [-0.4, -0.2) is 38.3 Å². The van der Waals surface area contributed by atoms with Crippen LogP contribution in [0.5, 0.6) is 5.75 Å². The van der Waals surface area contributed by atoms with Gasteiger partial charge in [-0.05, 0) is 55.8 Å². The summed E-state index contributed by atoms with van der Waals surface area (Å²) in [6.07, 6.45) is -0.605. The van der Waals surface area contributed by atoms with E-state index >= 15 is 0 Å². The number of benzene rings is 2. The molecule has 3 aromatic rings. The third-order valence-electron chi connectivity index (χ3n) is 3.72. The van der Waals surface area contributed by atoms with Crippen LogP contribution in [0.4, 0.5) is 0 Å². The minimum absolute atomic E-state index is 0.228. The Morgan fingerprint density at radius 2 is 1.92 bits per heavy atom. The number of aliphatic hydroxyl groups is 1. The fraction of sp³-hybridized carbons (Fsp3) is 0.263. The van der Waals surface area contributed by atoms with Gasteiger partial charge in [0.25, 0.3) is 0 Å². The summed E-state index contributed by atoms with van der Waals surface area (Å²) in [4.78, 5) is 0. The van der Waals surface area contributed by atoms with E-state index in [1.807, 2.05) is 47.9 Å². The Bertz CT molecular complexity index is 867. The third kappa shape index (κ3) is 4.87. The van der Waals surface area contributed by atoms with Crippen molar-refractivity contribution in [3.05, 3.63) is 64.4 Å². The van der Waals surface area contributed by atoms with Crippen molar-refractivity contribution < 1.29 is 9.84 Å². The van der Waals surface area contributed by atoms with Gasteiger partial charge in [-0.15, -0.1) is 10.2 Å². The molecule has 0 bridgehead atoms. The van der Waals surface area contributed by atoms with E-state index in [0.717, 1.165) is 26.9 Å². The van der Waals surface area contributed by atoms with Crippen molar-refractivity contribution >= 4 is 27.7 Å². The first-order chi connectivity index (χ1) is 12.5. The Hall–Kier alpha value is -1.83. The van der Waals surface area contributed by atoms with Crippen molar-refractivity contribution in [2.24, 2.45) is 0 Å². The van der Waals surface area contributed by atoms with Crippen LogP contribution < -0.4 is 4.74 Å². The molecule has 7 heteroatoms. The number of ether oxygens (including phenoxy) is 1. The number of rotatable bonds is 7. The summed E-state index contributed by atoms with van der Waals surface area (Å²) in [5, 5.41) is 19.4. The first-order valence-corrected chi connectivity index (χ1v) is 9.99. The van der Waals surface area contributed by atoms with Crippen LogP contribution in [0, 0.1) is 13.8 Å². The minimum Gasteiger partial charge on any atom is -0.491 e. The number of thioether (sulfide) groups is 1. The minimum atomic E-state index is -0.605. The van der Waals surface area contributed by atoms with Gasteiger partial charge in [0.05, 0.1) is 6.10 Å². The Morgan fingerprint density at radius 1 is 1.15 bits per heavy atom. The van der Waals surface area contributed by atoms with E-state index < -0.39 is 6.10 Å². The molecule has 0 aliphatic heterocycles. The van der Waals surface area contributed by atoms with Crippen LogP contribution >= 0.6 is 27.7 Å². The Morgan fingerprint density at radius 3 is 2.65 bits per heavy atom. The van der Waals surface area contributed by atoms with E-state index in [-0.39, 0.29) is 6.61 Å². The van der Waals surface area contributed by atoms with Crippen LogP contribution in [0.1, 0.15) is 11.4 Å². The van der Waals surface area contributed by atoms with E-state index in [9.17, 15) is 5.11 Å². The number of aromatic nitrogens is 3. The maximum atomic E-state index is 10.2. The predicted molar refractivity (Wildman–Crippen MR) is 107 cm³/mol. The summed E-state index contributed by atoms with van der Waals surface area (Å²) in [7, 11) is 0. The van der Waals surface area contributed by atoms with Crippen molar-refractivity contribution in [2.75, 3.05) is 12.4 Å². The molecular formula is C19H20BrN3O2S. The highest BCUT2D eigenvalue weighted by Crippen LogP contribution is 2.23. The molecule has 1 heterocycles. The van der Waals surface area contributed by atoms with Crippen molar-refractivity contribution in [1.82, 2.24) is 14.8 Å². The molecule has 0 amide bonds. The Balaban J connectivity index is 1.60. The van der Waals surface area contributed by atoms with Gasteiger partial charge in [0.2, 0.25) is 0 Å². The van der Waals surface area contributed by atoms with Crippen LogP contribution in [0.25, 0.3) is 5.69 Å². The molecule has 136 valence electrons. The molecule has 1 N–H and O–H groups in total. The SMILES string of the molecule is Cc1cccc(-n2c(C)nnc2SCC(O)COc2ccc(Br)cc2)c1. The normalized spacial score (nSPS) is 12.2. The second kappa shape index (κ2) is 8.70. The molecule has 0 radical (unpaired) electrons. The van der Waals surface area contributed by atoms with Gasteiger partial charge in [-0.1, -0.05) is 39.8 Å². The summed E-state index contributed by atoms with van der Waals surface area (Å²) < 4.78 is 8.61. The van der Waals surface area contributed by atoms with Gasteiger partial charge in [0, 0.05) is 15.9 Å². The molecule has 0 aliphatic carbocycles. The summed E-state index contributed by atoms with van der Waals surface area (Å²) in [6, 6.07) is 15.7. The highest BCUT2D eigenvalue weighted by Gasteiger charge is 2.14. The van der Waals surface area contributed by atoms with E-state index in [4.69, 9.17) is 4.74 Å². The zero-order chi connectivity index (χ0) is 18.5. The molecule has 0 aliphatic rings.